The standard InChI is InChI=1S/C21H23N3O3S.C16H15N3OS/c1-21(2,3)27-20(26)23-12-18(16-7-9-28-13-16)19(25)24-17-5-4-15-11-22-8-6-14(15)10-17;17-8-15(13-4-6-21-10-13)16(20)19-14-2-1-12-9-18-5-3-11(12)7-14/h4-11,13,18H,12H2,1-3H3,(H,23,26)(H,24,25);1-7,9-10,15H,8,17H2,(H,19,20). The Morgan fingerprint density at radius 3 is 1.71 bits per heavy atom. The molecule has 2 atom stereocenters. The van der Waals surface area contributed by atoms with E-state index in [-0.39, 0.29) is 24.3 Å². The van der Waals surface area contributed by atoms with Gasteiger partial charge in [-0.05, 0) is 113 Å². The van der Waals surface area contributed by atoms with Crippen molar-refractivity contribution in [2.75, 3.05) is 23.7 Å². The van der Waals surface area contributed by atoms with Gasteiger partial charge in [0.2, 0.25) is 11.8 Å². The van der Waals surface area contributed by atoms with Crippen molar-refractivity contribution in [3.63, 3.8) is 0 Å². The average Bonchev–Trinajstić information content (AvgIpc) is 3.81. The molecule has 0 fully saturated rings. The predicted molar refractivity (Wildman–Crippen MR) is 198 cm³/mol. The van der Waals surface area contributed by atoms with Crippen molar-refractivity contribution in [2.45, 2.75) is 38.2 Å². The maximum atomic E-state index is 12.9. The summed E-state index contributed by atoms with van der Waals surface area (Å²) in [5, 5.41) is 20.4. The van der Waals surface area contributed by atoms with E-state index in [0.29, 0.717) is 12.2 Å². The number of alkyl carbamates (subject to hydrolysis) is 1. The number of rotatable bonds is 9. The Balaban J connectivity index is 0.000000199. The van der Waals surface area contributed by atoms with Gasteiger partial charge < -0.3 is 26.4 Å². The largest absolute Gasteiger partial charge is 0.444 e. The van der Waals surface area contributed by atoms with Gasteiger partial charge >= 0.3 is 6.09 Å². The summed E-state index contributed by atoms with van der Waals surface area (Å²) in [6, 6.07) is 19.1. The van der Waals surface area contributed by atoms with Crippen LogP contribution in [0.25, 0.3) is 21.5 Å². The molecule has 6 aromatic rings. The summed E-state index contributed by atoms with van der Waals surface area (Å²) in [5.41, 5.74) is 8.43. The highest BCUT2D eigenvalue weighted by molar-refractivity contribution is 7.08. The van der Waals surface area contributed by atoms with Gasteiger partial charge in [0.15, 0.2) is 0 Å². The molecule has 2 aromatic carbocycles. The Morgan fingerprint density at radius 2 is 1.24 bits per heavy atom. The van der Waals surface area contributed by atoms with Gasteiger partial charge in [0.1, 0.15) is 5.60 Å². The van der Waals surface area contributed by atoms with Crippen molar-refractivity contribution < 1.29 is 19.1 Å². The number of hydrogen-bond donors (Lipinski definition) is 4. The lowest BCUT2D eigenvalue weighted by molar-refractivity contribution is -0.118. The molecule has 4 heterocycles. The third-order valence-electron chi connectivity index (χ3n) is 7.43. The highest BCUT2D eigenvalue weighted by Crippen LogP contribution is 2.24. The molecule has 0 aliphatic rings. The summed E-state index contributed by atoms with van der Waals surface area (Å²) in [5.74, 6) is -1.11. The van der Waals surface area contributed by atoms with E-state index in [9.17, 15) is 14.4 Å². The average molecular weight is 695 g/mol. The minimum absolute atomic E-state index is 0.0793. The van der Waals surface area contributed by atoms with E-state index in [1.165, 1.54) is 11.3 Å². The monoisotopic (exact) mass is 694 g/mol. The maximum Gasteiger partial charge on any atom is 0.407 e. The van der Waals surface area contributed by atoms with Crippen molar-refractivity contribution in [3.05, 3.63) is 118 Å². The van der Waals surface area contributed by atoms with E-state index in [1.54, 1.807) is 56.9 Å². The van der Waals surface area contributed by atoms with Crippen LogP contribution in [-0.4, -0.2) is 46.6 Å². The lowest BCUT2D eigenvalue weighted by Gasteiger charge is -2.21. The van der Waals surface area contributed by atoms with Crippen LogP contribution in [0.3, 0.4) is 0 Å². The Labute approximate surface area is 292 Å². The van der Waals surface area contributed by atoms with Gasteiger partial charge in [-0.15, -0.1) is 0 Å². The molecule has 3 amide bonds. The van der Waals surface area contributed by atoms with Crippen LogP contribution >= 0.6 is 22.7 Å². The van der Waals surface area contributed by atoms with Crippen LogP contribution in [0.4, 0.5) is 16.2 Å². The van der Waals surface area contributed by atoms with Gasteiger partial charge in [-0.1, -0.05) is 12.1 Å². The summed E-state index contributed by atoms with van der Waals surface area (Å²) in [4.78, 5) is 45.5. The molecule has 0 spiro atoms. The first-order valence-electron chi connectivity index (χ1n) is 15.6. The number of nitrogens with one attached hydrogen (secondary N) is 3. The number of nitrogens with two attached hydrogens (primary N) is 1. The number of ether oxygens (including phenoxy) is 1. The maximum absolute atomic E-state index is 12.9. The second-order valence-electron chi connectivity index (χ2n) is 12.2. The van der Waals surface area contributed by atoms with Crippen LogP contribution in [0, 0.1) is 0 Å². The number of amides is 3. The predicted octanol–water partition coefficient (Wildman–Crippen LogP) is 7.52. The zero-order valence-corrected chi connectivity index (χ0v) is 29.0. The number of aromatic nitrogens is 2. The molecule has 0 aliphatic carbocycles. The van der Waals surface area contributed by atoms with Gasteiger partial charge in [-0.25, -0.2) is 4.79 Å². The number of carbonyl (C=O) groups excluding carboxylic acids is 3. The summed E-state index contributed by atoms with van der Waals surface area (Å²) >= 11 is 3.07. The Bertz CT molecular complexity index is 2010. The first-order chi connectivity index (χ1) is 23.6. The molecule has 49 heavy (non-hydrogen) atoms. The van der Waals surface area contributed by atoms with Crippen LogP contribution in [0.2, 0.25) is 0 Å². The van der Waals surface area contributed by atoms with E-state index >= 15 is 0 Å². The third kappa shape index (κ3) is 9.92. The van der Waals surface area contributed by atoms with Crippen LogP contribution in [0.1, 0.15) is 43.7 Å². The van der Waals surface area contributed by atoms with E-state index in [2.05, 4.69) is 25.9 Å². The summed E-state index contributed by atoms with van der Waals surface area (Å²) < 4.78 is 5.27. The van der Waals surface area contributed by atoms with Crippen LogP contribution in [0.15, 0.2) is 107 Å². The SMILES string of the molecule is CC(C)(C)OC(=O)NCC(C(=O)Nc1ccc2cnccc2c1)c1ccsc1.NCC(C(=O)Nc1ccc2cnccc2c1)c1ccsc1. The zero-order chi connectivity index (χ0) is 34.8. The fraction of sp³-hybridized carbons (Fsp3) is 0.216. The molecule has 4 aromatic heterocycles. The highest BCUT2D eigenvalue weighted by atomic mass is 32.1. The van der Waals surface area contributed by atoms with Crippen molar-refractivity contribution in [1.82, 2.24) is 15.3 Å². The number of carbonyl (C=O) groups is 3. The molecule has 2 unspecified atom stereocenters. The fourth-order valence-electron chi connectivity index (χ4n) is 4.98. The molecule has 12 heteroatoms. The quantitative estimate of drug-likeness (QED) is 0.122. The molecule has 0 bridgehead atoms. The van der Waals surface area contributed by atoms with Crippen molar-refractivity contribution in [3.8, 4) is 0 Å². The number of anilines is 2. The number of thiophene rings is 2. The minimum Gasteiger partial charge on any atom is -0.444 e. The Kier molecular flexibility index (Phi) is 11.7. The lowest BCUT2D eigenvalue weighted by Crippen LogP contribution is -2.37. The number of hydrogen-bond acceptors (Lipinski definition) is 9. The Hall–Kier alpha value is -5.17. The molecule has 0 saturated carbocycles. The second-order valence-corrected chi connectivity index (χ2v) is 13.8. The Morgan fingerprint density at radius 1 is 0.735 bits per heavy atom. The third-order valence-corrected chi connectivity index (χ3v) is 8.83. The van der Waals surface area contributed by atoms with Crippen LogP contribution < -0.4 is 21.7 Å². The number of fused-ring (bicyclic) bond motifs is 2. The topological polar surface area (TPSA) is 148 Å². The van der Waals surface area contributed by atoms with Gasteiger partial charge in [0.05, 0.1) is 11.8 Å². The summed E-state index contributed by atoms with van der Waals surface area (Å²) in [6.07, 6.45) is 6.49. The fourth-order valence-corrected chi connectivity index (χ4v) is 6.41. The van der Waals surface area contributed by atoms with Crippen molar-refractivity contribution in [1.29, 1.82) is 0 Å². The van der Waals surface area contributed by atoms with Crippen molar-refractivity contribution >= 4 is 73.5 Å². The molecule has 10 nitrogen and oxygen atoms in total. The minimum atomic E-state index is -0.593. The van der Waals surface area contributed by atoms with Gasteiger partial charge in [-0.3, -0.25) is 19.6 Å². The molecule has 0 aliphatic heterocycles. The van der Waals surface area contributed by atoms with E-state index in [0.717, 1.165) is 38.4 Å². The lowest BCUT2D eigenvalue weighted by atomic mass is 10.0. The highest BCUT2D eigenvalue weighted by Gasteiger charge is 2.24. The molecule has 6 rings (SSSR count). The summed E-state index contributed by atoms with van der Waals surface area (Å²) in [7, 11) is 0. The van der Waals surface area contributed by atoms with Crippen LogP contribution in [0.5, 0.6) is 0 Å². The first-order valence-corrected chi connectivity index (χ1v) is 17.5. The van der Waals surface area contributed by atoms with Crippen molar-refractivity contribution in [2.24, 2.45) is 5.73 Å². The van der Waals surface area contributed by atoms with E-state index < -0.39 is 17.6 Å². The summed E-state index contributed by atoms with van der Waals surface area (Å²) in [6.45, 7) is 5.83. The smallest absolute Gasteiger partial charge is 0.407 e. The van der Waals surface area contributed by atoms with Gasteiger partial charge in [-0.2, -0.15) is 22.7 Å². The molecule has 0 radical (unpaired) electrons. The number of benzene rings is 2. The van der Waals surface area contributed by atoms with Gasteiger partial charge in [0, 0.05) is 60.0 Å². The van der Waals surface area contributed by atoms with Gasteiger partial charge in [0.25, 0.3) is 0 Å². The zero-order valence-electron chi connectivity index (χ0n) is 27.4. The molecule has 5 N–H and O–H groups in total. The molecule has 0 saturated heterocycles. The number of nitrogens with zero attached hydrogens (tertiary/aromatic N) is 2. The molecular formula is C37H38N6O4S2. The van der Waals surface area contributed by atoms with E-state index in [1.807, 2.05) is 82.2 Å². The molecular weight excluding hydrogens is 657 g/mol. The first kappa shape index (κ1) is 35.1. The molecule has 252 valence electrons. The number of pyridine rings is 2. The van der Waals surface area contributed by atoms with Crippen LogP contribution in [-0.2, 0) is 14.3 Å². The van der Waals surface area contributed by atoms with E-state index in [4.69, 9.17) is 10.5 Å². The normalized spacial score (nSPS) is 12.3. The second kappa shape index (κ2) is 16.3.